The van der Waals surface area contributed by atoms with Crippen LogP contribution in [0.2, 0.25) is 0 Å². The number of dihydropyridines is 1. The third kappa shape index (κ3) is 4.81. The summed E-state index contributed by atoms with van der Waals surface area (Å²) in [6.45, 7) is 1.81. The van der Waals surface area contributed by atoms with Gasteiger partial charge in [0, 0.05) is 10.6 Å². The number of thiophene rings is 1. The molecule has 7 nitrogen and oxygen atoms in total. The summed E-state index contributed by atoms with van der Waals surface area (Å²) in [4.78, 5) is 25.0. The van der Waals surface area contributed by atoms with Crippen LogP contribution in [-0.4, -0.2) is 30.8 Å². The van der Waals surface area contributed by atoms with Gasteiger partial charge < -0.3 is 19.9 Å². The first-order valence-electron chi connectivity index (χ1n) is 9.82. The number of carbonyl (C=O) groups is 2. The van der Waals surface area contributed by atoms with Gasteiger partial charge in [-0.15, -0.1) is 11.3 Å². The molecule has 32 heavy (non-hydrogen) atoms. The molecule has 0 spiro atoms. The van der Waals surface area contributed by atoms with E-state index in [1.807, 2.05) is 0 Å². The fourth-order valence-electron chi connectivity index (χ4n) is 3.47. The van der Waals surface area contributed by atoms with E-state index in [1.54, 1.807) is 25.1 Å². The molecule has 1 unspecified atom stereocenters. The summed E-state index contributed by atoms with van der Waals surface area (Å²) in [5.74, 6) is -2.69. The van der Waals surface area contributed by atoms with Gasteiger partial charge in [0.1, 0.15) is 22.3 Å². The smallest absolute Gasteiger partial charge is 0.345 e. The van der Waals surface area contributed by atoms with Crippen LogP contribution >= 0.6 is 11.3 Å². The Kier molecular flexibility index (Phi) is 7.28. The van der Waals surface area contributed by atoms with E-state index in [0.29, 0.717) is 23.4 Å². The predicted molar refractivity (Wildman–Crippen MR) is 115 cm³/mol. The molecule has 1 aromatic carbocycles. The van der Waals surface area contributed by atoms with E-state index < -0.39 is 17.9 Å². The molecular weight excluding hydrogens is 435 g/mol. The van der Waals surface area contributed by atoms with Crippen molar-refractivity contribution < 1.29 is 28.6 Å². The van der Waals surface area contributed by atoms with Crippen molar-refractivity contribution in [1.29, 1.82) is 5.26 Å². The molecule has 0 aliphatic carbocycles. The number of ether oxygens (including phenoxy) is 2. The molecule has 0 radical (unpaired) electrons. The van der Waals surface area contributed by atoms with Gasteiger partial charge in [0.05, 0.1) is 25.2 Å². The van der Waals surface area contributed by atoms with Crippen LogP contribution in [0.4, 0.5) is 4.39 Å². The number of aryl methyl sites for hydroxylation is 1. The molecule has 0 saturated heterocycles. The predicted octanol–water partition coefficient (Wildman–Crippen LogP) is 4.10. The zero-order valence-electron chi connectivity index (χ0n) is 17.5. The Labute approximate surface area is 188 Å². The van der Waals surface area contributed by atoms with E-state index in [2.05, 4.69) is 11.4 Å². The van der Waals surface area contributed by atoms with Gasteiger partial charge in [0.2, 0.25) is 5.88 Å². The van der Waals surface area contributed by atoms with Gasteiger partial charge in [0.15, 0.2) is 0 Å². The molecule has 0 bridgehead atoms. The number of nitrogens with one attached hydrogen (secondary N) is 1. The fraction of sp³-hybridized carbons (Fsp3) is 0.261. The first-order chi connectivity index (χ1) is 15.4. The van der Waals surface area contributed by atoms with Crippen LogP contribution in [0.3, 0.4) is 0 Å². The van der Waals surface area contributed by atoms with Gasteiger partial charge in [0.25, 0.3) is 0 Å². The minimum atomic E-state index is -1.09. The van der Waals surface area contributed by atoms with Gasteiger partial charge in [-0.05, 0) is 49.6 Å². The Bertz CT molecular complexity index is 1130. The van der Waals surface area contributed by atoms with Gasteiger partial charge in [-0.2, -0.15) is 5.26 Å². The summed E-state index contributed by atoms with van der Waals surface area (Å²) < 4.78 is 23.9. The lowest BCUT2D eigenvalue weighted by atomic mass is 9.85. The van der Waals surface area contributed by atoms with E-state index in [-0.39, 0.29) is 34.3 Å². The highest BCUT2D eigenvalue weighted by Crippen LogP contribution is 2.42. The van der Waals surface area contributed by atoms with E-state index in [9.17, 15) is 24.3 Å². The Balaban J connectivity index is 2.09. The van der Waals surface area contributed by atoms with Crippen molar-refractivity contribution in [3.63, 3.8) is 0 Å². The van der Waals surface area contributed by atoms with Crippen LogP contribution in [-0.2, 0) is 20.7 Å². The van der Waals surface area contributed by atoms with Crippen molar-refractivity contribution >= 4 is 23.3 Å². The topological polar surface area (TPSA) is 109 Å². The lowest BCUT2D eigenvalue weighted by molar-refractivity contribution is -0.138. The molecule has 2 aromatic rings. The summed E-state index contributed by atoms with van der Waals surface area (Å²) in [6, 6.07) is 11.2. The van der Waals surface area contributed by atoms with Crippen LogP contribution in [0.5, 0.6) is 0 Å². The van der Waals surface area contributed by atoms with E-state index in [0.717, 1.165) is 16.9 Å². The summed E-state index contributed by atoms with van der Waals surface area (Å²) in [5, 5.41) is 22.2. The fourth-order valence-corrected chi connectivity index (χ4v) is 4.44. The highest BCUT2D eigenvalue weighted by molar-refractivity contribution is 7.14. The molecule has 9 heteroatoms. The lowest BCUT2D eigenvalue weighted by Gasteiger charge is -2.29. The van der Waals surface area contributed by atoms with E-state index in [1.165, 1.54) is 25.3 Å². The molecule has 166 valence electrons. The average Bonchev–Trinajstić information content (AvgIpc) is 3.28. The highest BCUT2D eigenvalue weighted by Gasteiger charge is 2.38. The molecule has 1 aliphatic rings. The molecule has 0 saturated carbocycles. The number of nitrogens with zero attached hydrogens (tertiary/aromatic N) is 1. The number of nitriles is 1. The lowest BCUT2D eigenvalue weighted by Crippen LogP contribution is -2.31. The second-order valence-corrected chi connectivity index (χ2v) is 7.98. The summed E-state index contributed by atoms with van der Waals surface area (Å²) >= 11 is 0.985. The van der Waals surface area contributed by atoms with Crippen LogP contribution in [0, 0.1) is 17.1 Å². The minimum absolute atomic E-state index is 0.0888. The Morgan fingerprint density at radius 2 is 1.94 bits per heavy atom. The number of benzene rings is 1. The number of halogens is 1. The molecule has 1 aromatic heterocycles. The van der Waals surface area contributed by atoms with Crippen molar-refractivity contribution in [3.8, 4) is 6.07 Å². The molecule has 1 aliphatic heterocycles. The van der Waals surface area contributed by atoms with Gasteiger partial charge >= 0.3 is 11.9 Å². The van der Waals surface area contributed by atoms with Crippen LogP contribution in [0.15, 0.2) is 59.1 Å². The summed E-state index contributed by atoms with van der Waals surface area (Å²) in [5.41, 5.74) is 1.74. The van der Waals surface area contributed by atoms with Crippen molar-refractivity contribution in [2.24, 2.45) is 0 Å². The number of carbonyl (C=O) groups excluding carboxylic acids is 1. The van der Waals surface area contributed by atoms with Gasteiger partial charge in [-0.3, -0.25) is 0 Å². The largest absolute Gasteiger partial charge is 0.482 e. The molecule has 0 fully saturated rings. The Hall–Kier alpha value is -3.64. The highest BCUT2D eigenvalue weighted by atomic mass is 32.1. The van der Waals surface area contributed by atoms with Gasteiger partial charge in [-0.1, -0.05) is 12.1 Å². The molecule has 1 atom stereocenters. The van der Waals surface area contributed by atoms with Crippen LogP contribution in [0.1, 0.15) is 39.4 Å². The number of aromatic carboxylic acids is 1. The minimum Gasteiger partial charge on any atom is -0.482 e. The monoisotopic (exact) mass is 456 g/mol. The van der Waals surface area contributed by atoms with Crippen molar-refractivity contribution in [1.82, 2.24) is 5.32 Å². The number of allylic oxidation sites excluding steroid dienone is 2. The molecule has 3 rings (SSSR count). The number of esters is 1. The third-order valence-electron chi connectivity index (χ3n) is 4.93. The normalized spacial score (nSPS) is 15.8. The molecule has 0 amide bonds. The third-order valence-corrected chi connectivity index (χ3v) is 6.07. The molecular formula is C23H21FN2O5S. The summed E-state index contributed by atoms with van der Waals surface area (Å²) in [6.07, 6.45) is 0.848. The average molecular weight is 456 g/mol. The van der Waals surface area contributed by atoms with Crippen molar-refractivity contribution in [2.75, 3.05) is 13.7 Å². The van der Waals surface area contributed by atoms with Crippen molar-refractivity contribution in [2.45, 2.75) is 25.7 Å². The number of carboxylic acid groups (broad SMARTS) is 1. The van der Waals surface area contributed by atoms with E-state index in [4.69, 9.17) is 9.47 Å². The quantitative estimate of drug-likeness (QED) is 0.576. The zero-order chi connectivity index (χ0) is 23.3. The number of rotatable bonds is 8. The van der Waals surface area contributed by atoms with Crippen LogP contribution < -0.4 is 5.32 Å². The summed E-state index contributed by atoms with van der Waals surface area (Å²) in [7, 11) is 1.40. The number of methoxy groups -OCH3 is 1. The first-order valence-corrected chi connectivity index (χ1v) is 10.6. The van der Waals surface area contributed by atoms with Crippen molar-refractivity contribution in [3.05, 3.63) is 80.3 Å². The first kappa shape index (κ1) is 23.0. The SMILES string of the molecule is CCOC(=O)C1=C(CCc2ccc(F)cc2)NC(OC)=C(C#N)C1c1ccc(C(=O)O)s1. The maximum Gasteiger partial charge on any atom is 0.345 e. The second kappa shape index (κ2) is 10.1. The molecule has 2 heterocycles. The maximum absolute atomic E-state index is 13.2. The Morgan fingerprint density at radius 1 is 1.22 bits per heavy atom. The number of carboxylic acids is 1. The Morgan fingerprint density at radius 3 is 2.50 bits per heavy atom. The number of hydrogen-bond donors (Lipinski definition) is 2. The zero-order valence-corrected chi connectivity index (χ0v) is 18.3. The number of hydrogen-bond acceptors (Lipinski definition) is 7. The van der Waals surface area contributed by atoms with E-state index >= 15 is 0 Å². The second-order valence-electron chi connectivity index (χ2n) is 6.86. The molecule has 2 N–H and O–H groups in total. The van der Waals surface area contributed by atoms with Crippen LogP contribution in [0.25, 0.3) is 0 Å². The maximum atomic E-state index is 13.2. The van der Waals surface area contributed by atoms with Gasteiger partial charge in [-0.25, -0.2) is 14.0 Å². The standard InChI is InChI=1S/C23H21FN2O5S/c1-3-31-23(29)20-16(9-6-13-4-7-14(24)8-5-13)26-21(30-2)15(12-25)19(20)17-10-11-18(32-17)22(27)28/h4-5,7-8,10-11,19,26H,3,6,9H2,1-2H3,(H,27,28).